The molecule has 0 aliphatic heterocycles. The molecule has 0 spiro atoms. The molecule has 4 heteroatoms. The van der Waals surface area contributed by atoms with E-state index in [0.29, 0.717) is 16.8 Å². The first kappa shape index (κ1) is 12.9. The third kappa shape index (κ3) is 2.26. The second-order valence-corrected chi connectivity index (χ2v) is 4.78. The number of nitriles is 1. The van der Waals surface area contributed by atoms with E-state index in [4.69, 9.17) is 5.26 Å². The molecule has 0 bridgehead atoms. The van der Waals surface area contributed by atoms with Crippen LogP contribution in [0.4, 0.5) is 0 Å². The maximum atomic E-state index is 12.4. The minimum Gasteiger partial charge on any atom is -0.290 e. The minimum absolute atomic E-state index is 0.0847. The van der Waals surface area contributed by atoms with Gasteiger partial charge in [-0.25, -0.2) is 4.68 Å². The van der Waals surface area contributed by atoms with Gasteiger partial charge in [0.05, 0.1) is 23.0 Å². The fourth-order valence-electron chi connectivity index (χ4n) is 2.27. The van der Waals surface area contributed by atoms with Gasteiger partial charge in [0, 0.05) is 5.56 Å². The van der Waals surface area contributed by atoms with Crippen LogP contribution in [-0.2, 0) is 0 Å². The highest BCUT2D eigenvalue weighted by molar-refractivity contribution is 5.62. The summed E-state index contributed by atoms with van der Waals surface area (Å²) in [5.41, 5.74) is 3.65. The van der Waals surface area contributed by atoms with Gasteiger partial charge in [-0.15, -0.1) is 0 Å². The van der Waals surface area contributed by atoms with Crippen LogP contribution >= 0.6 is 0 Å². The van der Waals surface area contributed by atoms with Gasteiger partial charge in [-0.1, -0.05) is 30.3 Å². The summed E-state index contributed by atoms with van der Waals surface area (Å²) in [5, 5.41) is 12.0. The Kier molecular flexibility index (Phi) is 3.17. The first-order valence-electron chi connectivity index (χ1n) is 6.58. The number of nitrogens with one attached hydrogen (secondary N) is 1. The molecule has 102 valence electrons. The molecule has 1 aromatic heterocycles. The predicted octanol–water partition coefficient (Wildman–Crippen LogP) is 3.01. The van der Waals surface area contributed by atoms with E-state index in [-0.39, 0.29) is 5.56 Å². The summed E-state index contributed by atoms with van der Waals surface area (Å²) < 4.78 is 1.50. The van der Waals surface area contributed by atoms with Crippen molar-refractivity contribution >= 4 is 0 Å². The van der Waals surface area contributed by atoms with Gasteiger partial charge in [-0.2, -0.15) is 5.26 Å². The van der Waals surface area contributed by atoms with Crippen molar-refractivity contribution < 1.29 is 0 Å². The Morgan fingerprint density at radius 2 is 1.71 bits per heavy atom. The molecule has 3 aromatic rings. The Hall–Kier alpha value is -3.06. The molecule has 0 amide bonds. The van der Waals surface area contributed by atoms with Gasteiger partial charge in [-0.05, 0) is 36.8 Å². The van der Waals surface area contributed by atoms with Gasteiger partial charge < -0.3 is 0 Å². The second-order valence-electron chi connectivity index (χ2n) is 4.78. The van der Waals surface area contributed by atoms with E-state index in [1.165, 1.54) is 4.68 Å². The molecule has 0 atom stereocenters. The minimum atomic E-state index is -0.0847. The molecule has 0 aliphatic carbocycles. The van der Waals surface area contributed by atoms with Crippen molar-refractivity contribution in [3.05, 3.63) is 76.1 Å². The van der Waals surface area contributed by atoms with Crippen molar-refractivity contribution in [2.75, 3.05) is 0 Å². The van der Waals surface area contributed by atoms with Crippen LogP contribution < -0.4 is 5.56 Å². The number of benzene rings is 2. The van der Waals surface area contributed by atoms with Crippen LogP contribution in [0.1, 0.15) is 11.1 Å². The molecule has 3 rings (SSSR count). The van der Waals surface area contributed by atoms with E-state index < -0.39 is 0 Å². The molecule has 2 aromatic carbocycles. The maximum Gasteiger partial charge on any atom is 0.274 e. The van der Waals surface area contributed by atoms with E-state index in [2.05, 4.69) is 11.2 Å². The van der Waals surface area contributed by atoms with Crippen molar-refractivity contribution in [3.63, 3.8) is 0 Å². The van der Waals surface area contributed by atoms with Crippen LogP contribution in [0.5, 0.6) is 0 Å². The van der Waals surface area contributed by atoms with Crippen molar-refractivity contribution in [3.8, 4) is 23.0 Å². The van der Waals surface area contributed by atoms with Gasteiger partial charge in [0.1, 0.15) is 0 Å². The van der Waals surface area contributed by atoms with Gasteiger partial charge in [0.15, 0.2) is 0 Å². The van der Waals surface area contributed by atoms with Gasteiger partial charge in [-0.3, -0.25) is 9.89 Å². The number of aromatic nitrogens is 2. The Morgan fingerprint density at radius 1 is 1.05 bits per heavy atom. The average molecular weight is 275 g/mol. The summed E-state index contributed by atoms with van der Waals surface area (Å²) in [5.74, 6) is 0. The summed E-state index contributed by atoms with van der Waals surface area (Å²) in [6.07, 6.45) is 0. The van der Waals surface area contributed by atoms with Gasteiger partial charge >= 0.3 is 0 Å². The summed E-state index contributed by atoms with van der Waals surface area (Å²) in [6, 6.07) is 18.7. The third-order valence-electron chi connectivity index (χ3n) is 3.44. The number of aromatic amines is 1. The molecule has 0 radical (unpaired) electrons. The van der Waals surface area contributed by atoms with Crippen molar-refractivity contribution in [1.82, 2.24) is 9.78 Å². The van der Waals surface area contributed by atoms with Crippen LogP contribution in [0.25, 0.3) is 16.9 Å². The van der Waals surface area contributed by atoms with E-state index in [0.717, 1.165) is 11.3 Å². The van der Waals surface area contributed by atoms with E-state index in [9.17, 15) is 4.79 Å². The highest BCUT2D eigenvalue weighted by atomic mass is 16.1. The standard InChI is InChI=1S/C17H13N3O/c1-12-16(14-5-3-2-4-6-14)19-20(17(12)21)15-9-7-13(11-18)8-10-15/h2-10,19H,1H3. The lowest BCUT2D eigenvalue weighted by molar-refractivity contribution is 0.851. The third-order valence-corrected chi connectivity index (χ3v) is 3.44. The molecule has 0 unspecified atom stereocenters. The largest absolute Gasteiger partial charge is 0.290 e. The molecular weight excluding hydrogens is 262 g/mol. The smallest absolute Gasteiger partial charge is 0.274 e. The Balaban J connectivity index is 2.13. The molecule has 0 saturated heterocycles. The molecule has 1 N–H and O–H groups in total. The highest BCUT2D eigenvalue weighted by Gasteiger charge is 2.12. The maximum absolute atomic E-state index is 12.4. The summed E-state index contributed by atoms with van der Waals surface area (Å²) in [7, 11) is 0. The van der Waals surface area contributed by atoms with Crippen molar-refractivity contribution in [2.24, 2.45) is 0 Å². The van der Waals surface area contributed by atoms with Crippen molar-refractivity contribution in [1.29, 1.82) is 5.26 Å². The number of nitrogens with zero attached hydrogens (tertiary/aromatic N) is 2. The lowest BCUT2D eigenvalue weighted by Crippen LogP contribution is -2.15. The van der Waals surface area contributed by atoms with Crippen LogP contribution in [0.3, 0.4) is 0 Å². The normalized spacial score (nSPS) is 10.3. The fraction of sp³-hybridized carbons (Fsp3) is 0.0588. The lowest BCUT2D eigenvalue weighted by atomic mass is 10.1. The first-order chi connectivity index (χ1) is 10.2. The summed E-state index contributed by atoms with van der Waals surface area (Å²) in [6.45, 7) is 1.81. The monoisotopic (exact) mass is 275 g/mol. The van der Waals surface area contributed by atoms with E-state index >= 15 is 0 Å². The summed E-state index contributed by atoms with van der Waals surface area (Å²) in [4.78, 5) is 12.4. The second kappa shape index (κ2) is 5.14. The SMILES string of the molecule is Cc1c(-c2ccccc2)[nH]n(-c2ccc(C#N)cc2)c1=O. The molecule has 0 aliphatic rings. The van der Waals surface area contributed by atoms with Crippen molar-refractivity contribution in [2.45, 2.75) is 6.92 Å². The zero-order valence-electron chi connectivity index (χ0n) is 11.5. The van der Waals surface area contributed by atoms with Gasteiger partial charge in [0.2, 0.25) is 0 Å². The molecule has 4 nitrogen and oxygen atoms in total. The van der Waals surface area contributed by atoms with Crippen LogP contribution in [0.2, 0.25) is 0 Å². The average Bonchev–Trinajstić information content (AvgIpc) is 2.84. The number of hydrogen-bond donors (Lipinski definition) is 1. The highest BCUT2D eigenvalue weighted by Crippen LogP contribution is 2.19. The first-order valence-corrected chi connectivity index (χ1v) is 6.58. The van der Waals surface area contributed by atoms with E-state index in [1.807, 2.05) is 30.3 Å². The van der Waals surface area contributed by atoms with Crippen LogP contribution in [0.15, 0.2) is 59.4 Å². The zero-order valence-corrected chi connectivity index (χ0v) is 11.5. The molecule has 0 fully saturated rings. The fourth-order valence-corrected chi connectivity index (χ4v) is 2.27. The predicted molar refractivity (Wildman–Crippen MR) is 81.3 cm³/mol. The molecule has 21 heavy (non-hydrogen) atoms. The molecule has 1 heterocycles. The summed E-state index contributed by atoms with van der Waals surface area (Å²) >= 11 is 0. The van der Waals surface area contributed by atoms with Gasteiger partial charge in [0.25, 0.3) is 5.56 Å². The number of hydrogen-bond acceptors (Lipinski definition) is 2. The Morgan fingerprint density at radius 3 is 2.33 bits per heavy atom. The van der Waals surface area contributed by atoms with Crippen LogP contribution in [-0.4, -0.2) is 9.78 Å². The number of rotatable bonds is 2. The number of H-pyrrole nitrogens is 1. The lowest BCUT2D eigenvalue weighted by Gasteiger charge is -2.02. The van der Waals surface area contributed by atoms with E-state index in [1.54, 1.807) is 31.2 Å². The molecular formula is C17H13N3O. The topological polar surface area (TPSA) is 61.6 Å². The quantitative estimate of drug-likeness (QED) is 0.781. The van der Waals surface area contributed by atoms with Crippen LogP contribution in [0, 0.1) is 18.3 Å². The Labute approximate surface area is 121 Å². The zero-order chi connectivity index (χ0) is 14.8. The molecule has 0 saturated carbocycles. The Bertz CT molecular complexity index is 865.